The zero-order chi connectivity index (χ0) is 43.5. The topological polar surface area (TPSA) is 99.1 Å². The van der Waals surface area contributed by atoms with Crippen LogP contribution in [-0.2, 0) is 28.6 Å². The lowest BCUT2D eigenvalue weighted by Crippen LogP contribution is -2.50. The van der Waals surface area contributed by atoms with Crippen LogP contribution in [0.25, 0.3) is 0 Å². The largest absolute Gasteiger partial charge is 0.477 e. The van der Waals surface area contributed by atoms with Gasteiger partial charge in [-0.25, -0.2) is 4.79 Å². The number of quaternary nitrogens is 1. The van der Waals surface area contributed by atoms with Crippen LogP contribution in [0.15, 0.2) is 72.9 Å². The summed E-state index contributed by atoms with van der Waals surface area (Å²) >= 11 is 0. The minimum Gasteiger partial charge on any atom is -0.477 e. The lowest BCUT2D eigenvalue weighted by Gasteiger charge is -2.31. The Morgan fingerprint density at radius 3 is 1.47 bits per heavy atom. The summed E-state index contributed by atoms with van der Waals surface area (Å²) in [6.45, 7) is 4.54. The number of aliphatic carboxylic acids is 1. The number of unbranched alkanes of at least 4 members (excludes halogenated alkanes) is 15. The number of ether oxygens (including phenoxy) is 3. The molecular formula is C51H88NO7+. The highest BCUT2D eigenvalue weighted by Crippen LogP contribution is 2.14. The third-order valence-corrected chi connectivity index (χ3v) is 10.1. The number of esters is 2. The molecule has 2 atom stereocenters. The fourth-order valence-electron chi connectivity index (χ4n) is 6.49. The number of hydrogen-bond acceptors (Lipinski definition) is 6. The quantitative estimate of drug-likeness (QED) is 0.0284. The minimum absolute atomic E-state index is 0.0339. The van der Waals surface area contributed by atoms with Gasteiger partial charge in [-0.3, -0.25) is 9.59 Å². The SMILES string of the molecule is CC/C=C/C/C=C/C/C=C/C/C=C/CCCCCCCCCCCC(=O)OCC(COCCC(C(=O)O)[N+](C)(C)C)OC(=O)CC/C=C/C/C=C/CCCCCCCC. The summed E-state index contributed by atoms with van der Waals surface area (Å²) in [5.74, 6) is -1.56. The van der Waals surface area contributed by atoms with E-state index in [0.29, 0.717) is 19.3 Å². The Bertz CT molecular complexity index is 1190. The Labute approximate surface area is 361 Å². The van der Waals surface area contributed by atoms with Crippen LogP contribution in [0.5, 0.6) is 0 Å². The summed E-state index contributed by atoms with van der Waals surface area (Å²) in [4.78, 5) is 37.0. The van der Waals surface area contributed by atoms with Gasteiger partial charge in [-0.2, -0.15) is 0 Å². The van der Waals surface area contributed by atoms with Crippen molar-refractivity contribution in [2.24, 2.45) is 0 Å². The summed E-state index contributed by atoms with van der Waals surface area (Å²) in [5.41, 5.74) is 0. The fourth-order valence-corrected chi connectivity index (χ4v) is 6.49. The number of allylic oxidation sites excluding steroid dienone is 12. The van der Waals surface area contributed by atoms with Crippen molar-refractivity contribution < 1.29 is 38.2 Å². The molecule has 2 unspecified atom stereocenters. The predicted molar refractivity (Wildman–Crippen MR) is 247 cm³/mol. The molecule has 0 spiro atoms. The molecule has 0 aromatic heterocycles. The summed E-state index contributed by atoms with van der Waals surface area (Å²) < 4.78 is 17.2. The second-order valence-corrected chi connectivity index (χ2v) is 16.6. The standard InChI is InChI=1S/C51H87NO7/c1-6-8-10-12-14-16-18-20-21-22-23-24-25-26-27-28-30-31-33-35-37-39-41-49(53)58-46-47(45-57-44-43-48(51(55)56)52(3,4)5)59-50(54)42-40-38-36-34-32-29-19-17-15-13-11-9-7-2/h8,10,14,16,20-21,23-24,29,32,36,38,47-48H,6-7,9,11-13,15,17-19,22,25-28,30-31,33-35,37,39-46H2,1-5H3/p+1/b10-8+,16-14+,21-20+,24-23+,32-29+,38-36+. The molecule has 338 valence electrons. The molecule has 0 fully saturated rings. The smallest absolute Gasteiger partial charge is 0.362 e. The molecule has 0 heterocycles. The van der Waals surface area contributed by atoms with E-state index < -0.39 is 18.1 Å². The fraction of sp³-hybridized carbons (Fsp3) is 0.706. The van der Waals surface area contributed by atoms with Crippen molar-refractivity contribution in [3.8, 4) is 0 Å². The van der Waals surface area contributed by atoms with Crippen molar-refractivity contribution in [1.82, 2.24) is 0 Å². The molecule has 59 heavy (non-hydrogen) atoms. The maximum atomic E-state index is 12.7. The van der Waals surface area contributed by atoms with E-state index in [1.807, 2.05) is 27.2 Å². The van der Waals surface area contributed by atoms with Crippen molar-refractivity contribution in [1.29, 1.82) is 0 Å². The number of carboxylic acid groups (broad SMARTS) is 1. The highest BCUT2D eigenvalue weighted by Gasteiger charge is 2.31. The van der Waals surface area contributed by atoms with Crippen LogP contribution < -0.4 is 0 Å². The van der Waals surface area contributed by atoms with Crippen LogP contribution in [0.3, 0.4) is 0 Å². The molecule has 0 aromatic carbocycles. The van der Waals surface area contributed by atoms with E-state index in [9.17, 15) is 19.5 Å². The Kier molecular flexibility index (Phi) is 39.2. The Morgan fingerprint density at radius 1 is 0.525 bits per heavy atom. The molecule has 0 aliphatic rings. The van der Waals surface area contributed by atoms with E-state index in [0.717, 1.165) is 64.2 Å². The second-order valence-electron chi connectivity index (χ2n) is 16.6. The first kappa shape index (κ1) is 55.8. The number of rotatable bonds is 41. The molecule has 0 bridgehead atoms. The van der Waals surface area contributed by atoms with Gasteiger partial charge in [0.2, 0.25) is 0 Å². The van der Waals surface area contributed by atoms with Gasteiger partial charge < -0.3 is 23.8 Å². The van der Waals surface area contributed by atoms with Crippen LogP contribution in [0.2, 0.25) is 0 Å². The highest BCUT2D eigenvalue weighted by molar-refractivity contribution is 5.72. The summed E-state index contributed by atoms with van der Waals surface area (Å²) in [6.07, 6.45) is 52.5. The first-order valence-electron chi connectivity index (χ1n) is 23.5. The zero-order valence-electron chi connectivity index (χ0n) is 38.4. The molecule has 0 aliphatic carbocycles. The lowest BCUT2D eigenvalue weighted by molar-refractivity contribution is -0.887. The van der Waals surface area contributed by atoms with Crippen LogP contribution in [0.1, 0.15) is 181 Å². The normalized spacial score (nSPS) is 13.6. The third-order valence-electron chi connectivity index (χ3n) is 10.1. The highest BCUT2D eigenvalue weighted by atomic mass is 16.6. The monoisotopic (exact) mass is 827 g/mol. The first-order chi connectivity index (χ1) is 28.6. The number of likely N-dealkylation sites (N-methyl/N-ethyl adjacent to an activating group) is 1. The average molecular weight is 827 g/mol. The van der Waals surface area contributed by atoms with Gasteiger partial charge in [0.1, 0.15) is 6.61 Å². The number of hydrogen-bond donors (Lipinski definition) is 1. The van der Waals surface area contributed by atoms with Crippen molar-refractivity contribution in [2.75, 3.05) is 41.0 Å². The van der Waals surface area contributed by atoms with E-state index in [1.165, 1.54) is 77.0 Å². The van der Waals surface area contributed by atoms with Gasteiger partial charge in [-0.15, -0.1) is 0 Å². The Balaban J connectivity index is 4.32. The molecule has 0 saturated carbocycles. The molecule has 0 saturated heterocycles. The van der Waals surface area contributed by atoms with Gasteiger partial charge in [-0.1, -0.05) is 164 Å². The molecule has 0 rings (SSSR count). The van der Waals surface area contributed by atoms with Gasteiger partial charge in [0.25, 0.3) is 0 Å². The maximum absolute atomic E-state index is 12.7. The van der Waals surface area contributed by atoms with Crippen LogP contribution >= 0.6 is 0 Å². The number of carboxylic acids is 1. The lowest BCUT2D eigenvalue weighted by atomic mass is 10.1. The van der Waals surface area contributed by atoms with E-state index in [2.05, 4.69) is 80.7 Å². The Morgan fingerprint density at radius 2 is 0.983 bits per heavy atom. The molecule has 0 radical (unpaired) electrons. The molecule has 8 heteroatoms. The van der Waals surface area contributed by atoms with Gasteiger partial charge >= 0.3 is 17.9 Å². The van der Waals surface area contributed by atoms with Crippen LogP contribution in [0, 0.1) is 0 Å². The Hall–Kier alpha value is -3.23. The molecular weight excluding hydrogens is 739 g/mol. The van der Waals surface area contributed by atoms with E-state index >= 15 is 0 Å². The van der Waals surface area contributed by atoms with Gasteiger partial charge in [-0.05, 0) is 70.6 Å². The van der Waals surface area contributed by atoms with Crippen LogP contribution in [-0.4, -0.2) is 80.6 Å². The third kappa shape index (κ3) is 40.0. The van der Waals surface area contributed by atoms with Gasteiger partial charge in [0, 0.05) is 19.3 Å². The number of carbonyl (C=O) groups excluding carboxylic acids is 2. The van der Waals surface area contributed by atoms with Crippen molar-refractivity contribution in [2.45, 2.75) is 193 Å². The zero-order valence-corrected chi connectivity index (χ0v) is 38.4. The van der Waals surface area contributed by atoms with Gasteiger partial charge in [0.15, 0.2) is 12.1 Å². The molecule has 0 amide bonds. The molecule has 0 aromatic rings. The van der Waals surface area contributed by atoms with Crippen LogP contribution in [0.4, 0.5) is 0 Å². The molecule has 0 aliphatic heterocycles. The van der Waals surface area contributed by atoms with Gasteiger partial charge in [0.05, 0.1) is 34.4 Å². The summed E-state index contributed by atoms with van der Waals surface area (Å²) in [7, 11) is 5.50. The van der Waals surface area contributed by atoms with E-state index in [-0.39, 0.29) is 42.7 Å². The van der Waals surface area contributed by atoms with Crippen molar-refractivity contribution in [3.05, 3.63) is 72.9 Å². The first-order valence-corrected chi connectivity index (χ1v) is 23.5. The molecule has 1 N–H and O–H groups in total. The van der Waals surface area contributed by atoms with Crippen molar-refractivity contribution >= 4 is 17.9 Å². The number of nitrogens with zero attached hydrogens (tertiary/aromatic N) is 1. The van der Waals surface area contributed by atoms with Crippen molar-refractivity contribution in [3.63, 3.8) is 0 Å². The molecule has 8 nitrogen and oxygen atoms in total. The summed E-state index contributed by atoms with van der Waals surface area (Å²) in [6, 6.07) is -0.627. The second kappa shape index (κ2) is 41.5. The predicted octanol–water partition coefficient (Wildman–Crippen LogP) is 13.1. The number of carbonyl (C=O) groups is 3. The van der Waals surface area contributed by atoms with E-state index in [1.54, 1.807) is 0 Å². The van der Waals surface area contributed by atoms with E-state index in [4.69, 9.17) is 14.2 Å². The summed E-state index contributed by atoms with van der Waals surface area (Å²) in [5, 5.41) is 9.62. The maximum Gasteiger partial charge on any atom is 0.362 e. The minimum atomic E-state index is -0.886. The average Bonchev–Trinajstić information content (AvgIpc) is 3.19.